The Bertz CT molecular complexity index is 386. The number of hydrogen-bond donors (Lipinski definition) is 3. The van der Waals surface area contributed by atoms with Crippen LogP contribution in [0.2, 0.25) is 0 Å². The lowest BCUT2D eigenvalue weighted by Gasteiger charge is -2.40. The molecule has 0 aromatic rings. The van der Waals surface area contributed by atoms with Gasteiger partial charge in [0, 0.05) is 6.20 Å². The molecule has 0 aliphatic carbocycles. The normalized spacial score (nSPS) is 19.4. The lowest BCUT2D eigenvalue weighted by atomic mass is 10.6. The summed E-state index contributed by atoms with van der Waals surface area (Å²) < 4.78 is 0. The molecule has 1 atom stereocenters. The van der Waals surface area contributed by atoms with Gasteiger partial charge in [-0.25, -0.2) is 14.4 Å². The van der Waals surface area contributed by atoms with Crippen LogP contribution in [0.4, 0.5) is 14.4 Å². The minimum Gasteiger partial charge on any atom is -0.465 e. The Labute approximate surface area is 99.5 Å². The first kappa shape index (κ1) is 13.0. The summed E-state index contributed by atoms with van der Waals surface area (Å²) in [5.74, 6) is 0. The molecule has 0 aromatic heterocycles. The maximum absolute atomic E-state index is 11.0. The molecule has 1 aliphatic heterocycles. The van der Waals surface area contributed by atoms with E-state index in [1.807, 2.05) is 0 Å². The van der Waals surface area contributed by atoms with Crippen molar-refractivity contribution in [1.29, 1.82) is 0 Å². The molecule has 9 nitrogen and oxygen atoms in total. The Kier molecular flexibility index (Phi) is 3.68. The standard InChI is InChI=1S/C7H9N3O6S/c1-17-4-8(5(11)12)2-3-9(6(13)14)10(4)7(15)16/h2-4H,1H3,(H,11,12)(H,13,14)(H,15,16). The molecule has 3 amide bonds. The van der Waals surface area contributed by atoms with Crippen LogP contribution in [0.25, 0.3) is 0 Å². The Balaban J connectivity index is 3.16. The highest BCUT2D eigenvalue weighted by Crippen LogP contribution is 2.25. The third-order valence-corrected chi connectivity index (χ3v) is 2.72. The van der Waals surface area contributed by atoms with E-state index in [-0.39, 0.29) is 0 Å². The molecular formula is C7H9N3O6S. The highest BCUT2D eigenvalue weighted by Gasteiger charge is 2.39. The number of amides is 3. The van der Waals surface area contributed by atoms with Gasteiger partial charge < -0.3 is 15.3 Å². The smallest absolute Gasteiger partial charge is 0.430 e. The molecule has 1 heterocycles. The number of carbonyl (C=O) groups is 3. The maximum Gasteiger partial charge on any atom is 0.430 e. The number of carboxylic acid groups (broad SMARTS) is 3. The Hall–Kier alpha value is -2.10. The fraction of sp³-hybridized carbons (Fsp3) is 0.286. The zero-order valence-electron chi connectivity index (χ0n) is 8.55. The minimum atomic E-state index is -1.57. The summed E-state index contributed by atoms with van der Waals surface area (Å²) in [5, 5.41) is 27.4. The lowest BCUT2D eigenvalue weighted by molar-refractivity contribution is -0.0157. The van der Waals surface area contributed by atoms with Crippen LogP contribution in [0.1, 0.15) is 0 Å². The van der Waals surface area contributed by atoms with E-state index in [1.54, 1.807) is 0 Å². The zero-order valence-corrected chi connectivity index (χ0v) is 9.36. The Morgan fingerprint density at radius 1 is 1.06 bits per heavy atom. The SMILES string of the molecule is CSC1N(C(=O)O)C=CN(C(=O)O)N1C(=O)O. The highest BCUT2D eigenvalue weighted by atomic mass is 32.2. The predicted molar refractivity (Wildman–Crippen MR) is 56.0 cm³/mol. The van der Waals surface area contributed by atoms with Gasteiger partial charge in [0.1, 0.15) is 0 Å². The van der Waals surface area contributed by atoms with Gasteiger partial charge in [0.15, 0.2) is 5.50 Å². The van der Waals surface area contributed by atoms with Crippen molar-refractivity contribution in [3.05, 3.63) is 12.4 Å². The second-order valence-electron chi connectivity index (χ2n) is 2.80. The average molecular weight is 263 g/mol. The molecule has 94 valence electrons. The highest BCUT2D eigenvalue weighted by molar-refractivity contribution is 7.99. The fourth-order valence-electron chi connectivity index (χ4n) is 1.22. The molecular weight excluding hydrogens is 254 g/mol. The van der Waals surface area contributed by atoms with Gasteiger partial charge in [0.05, 0.1) is 6.20 Å². The molecule has 0 saturated carbocycles. The molecule has 10 heteroatoms. The zero-order chi connectivity index (χ0) is 13.2. The van der Waals surface area contributed by atoms with E-state index in [0.29, 0.717) is 14.9 Å². The number of hydrazine groups is 1. The molecule has 1 rings (SSSR count). The van der Waals surface area contributed by atoms with Crippen LogP contribution < -0.4 is 0 Å². The van der Waals surface area contributed by atoms with Crippen LogP contribution in [0.5, 0.6) is 0 Å². The first-order valence-electron chi connectivity index (χ1n) is 4.16. The molecule has 1 unspecified atom stereocenters. The van der Waals surface area contributed by atoms with E-state index < -0.39 is 23.8 Å². The third-order valence-electron chi connectivity index (χ3n) is 1.87. The lowest BCUT2D eigenvalue weighted by Crippen LogP contribution is -2.58. The fourth-order valence-corrected chi connectivity index (χ4v) is 2.00. The molecule has 1 aliphatic rings. The summed E-state index contributed by atoms with van der Waals surface area (Å²) in [6.45, 7) is 0. The van der Waals surface area contributed by atoms with Gasteiger partial charge in [-0.3, -0.25) is 4.90 Å². The van der Waals surface area contributed by atoms with Gasteiger partial charge in [-0.05, 0) is 6.26 Å². The van der Waals surface area contributed by atoms with E-state index in [1.165, 1.54) is 6.26 Å². The Morgan fingerprint density at radius 2 is 1.65 bits per heavy atom. The summed E-state index contributed by atoms with van der Waals surface area (Å²) in [6.07, 6.45) is -1.17. The van der Waals surface area contributed by atoms with Crippen molar-refractivity contribution in [3.8, 4) is 0 Å². The van der Waals surface area contributed by atoms with Gasteiger partial charge >= 0.3 is 18.3 Å². The molecule has 0 spiro atoms. The van der Waals surface area contributed by atoms with Crippen molar-refractivity contribution < 1.29 is 29.7 Å². The predicted octanol–water partition coefficient (Wildman–Crippen LogP) is 0.973. The van der Waals surface area contributed by atoms with Gasteiger partial charge in [0.25, 0.3) is 0 Å². The number of thioether (sulfide) groups is 1. The van der Waals surface area contributed by atoms with Crippen molar-refractivity contribution >= 4 is 30.0 Å². The van der Waals surface area contributed by atoms with Crippen LogP contribution in [0, 0.1) is 0 Å². The summed E-state index contributed by atoms with van der Waals surface area (Å²) in [4.78, 5) is 33.3. The third kappa shape index (κ3) is 2.36. The van der Waals surface area contributed by atoms with Crippen LogP contribution in [0.15, 0.2) is 12.4 Å². The van der Waals surface area contributed by atoms with E-state index in [0.717, 1.165) is 24.2 Å². The summed E-state index contributed by atoms with van der Waals surface area (Å²) in [5.41, 5.74) is -1.19. The van der Waals surface area contributed by atoms with Crippen LogP contribution >= 0.6 is 11.8 Å². The largest absolute Gasteiger partial charge is 0.465 e. The van der Waals surface area contributed by atoms with Gasteiger partial charge in [-0.2, -0.15) is 10.0 Å². The minimum absolute atomic E-state index is 0.404. The monoisotopic (exact) mass is 263 g/mol. The second kappa shape index (κ2) is 4.82. The van der Waals surface area contributed by atoms with Crippen LogP contribution in [-0.2, 0) is 0 Å². The summed E-state index contributed by atoms with van der Waals surface area (Å²) in [6, 6.07) is 0. The molecule has 0 aromatic carbocycles. The average Bonchev–Trinajstić information content (AvgIpc) is 2.26. The van der Waals surface area contributed by atoms with Crippen molar-refractivity contribution in [2.45, 2.75) is 5.50 Å². The molecule has 0 radical (unpaired) electrons. The molecule has 17 heavy (non-hydrogen) atoms. The van der Waals surface area contributed by atoms with Crippen molar-refractivity contribution in [3.63, 3.8) is 0 Å². The quantitative estimate of drug-likeness (QED) is 0.644. The molecule has 0 bridgehead atoms. The van der Waals surface area contributed by atoms with Gasteiger partial charge in [-0.15, -0.1) is 11.8 Å². The number of rotatable bonds is 1. The van der Waals surface area contributed by atoms with Gasteiger partial charge in [0.2, 0.25) is 0 Å². The second-order valence-corrected chi connectivity index (χ2v) is 3.70. The van der Waals surface area contributed by atoms with Gasteiger partial charge in [-0.1, -0.05) is 0 Å². The molecule has 3 N–H and O–H groups in total. The molecule has 0 saturated heterocycles. The van der Waals surface area contributed by atoms with Crippen molar-refractivity contribution in [2.75, 3.05) is 6.26 Å². The van der Waals surface area contributed by atoms with Crippen molar-refractivity contribution in [2.24, 2.45) is 0 Å². The Morgan fingerprint density at radius 3 is 2.00 bits per heavy atom. The molecule has 0 fully saturated rings. The van der Waals surface area contributed by atoms with E-state index in [9.17, 15) is 14.4 Å². The van der Waals surface area contributed by atoms with Crippen molar-refractivity contribution in [1.82, 2.24) is 14.9 Å². The summed E-state index contributed by atoms with van der Waals surface area (Å²) >= 11 is 0.874. The number of nitrogens with zero attached hydrogens (tertiary/aromatic N) is 3. The van der Waals surface area contributed by atoms with E-state index in [4.69, 9.17) is 15.3 Å². The number of hydrogen-bond acceptors (Lipinski definition) is 4. The summed E-state index contributed by atoms with van der Waals surface area (Å²) in [7, 11) is 0. The topological polar surface area (TPSA) is 122 Å². The van der Waals surface area contributed by atoms with Crippen LogP contribution in [0.3, 0.4) is 0 Å². The van der Waals surface area contributed by atoms with E-state index >= 15 is 0 Å². The maximum atomic E-state index is 11.0. The first-order valence-corrected chi connectivity index (χ1v) is 5.45. The van der Waals surface area contributed by atoms with Crippen LogP contribution in [-0.4, -0.2) is 60.3 Å². The van der Waals surface area contributed by atoms with E-state index in [2.05, 4.69) is 0 Å². The first-order chi connectivity index (χ1) is 7.90.